The van der Waals surface area contributed by atoms with Gasteiger partial charge < -0.3 is 4.74 Å². The minimum atomic E-state index is 0.428. The zero-order chi connectivity index (χ0) is 11.6. The first-order valence-corrected chi connectivity index (χ1v) is 6.68. The van der Waals surface area contributed by atoms with Crippen molar-refractivity contribution in [3.05, 3.63) is 11.6 Å². The van der Waals surface area contributed by atoms with E-state index in [0.29, 0.717) is 16.7 Å². The summed E-state index contributed by atoms with van der Waals surface area (Å²) in [6.07, 6.45) is 5.33. The molecular weight excluding hydrogens is 196 g/mol. The molecule has 0 aromatic heterocycles. The summed E-state index contributed by atoms with van der Waals surface area (Å²) in [6.45, 7) is 11.6. The molecule has 1 heterocycles. The highest BCUT2D eigenvalue weighted by Crippen LogP contribution is 2.60. The molecule has 0 radical (unpaired) electrons. The average Bonchev–Trinajstić information content (AvgIpc) is 2.67. The molecular formula is C15H24O. The highest BCUT2D eigenvalue weighted by atomic mass is 16.5. The van der Waals surface area contributed by atoms with Crippen LogP contribution in [0.4, 0.5) is 0 Å². The molecule has 16 heavy (non-hydrogen) atoms. The van der Waals surface area contributed by atoms with Gasteiger partial charge in [-0.05, 0) is 37.0 Å². The fraction of sp³-hybridized carbons (Fsp3) is 0.867. The van der Waals surface area contributed by atoms with Crippen molar-refractivity contribution in [2.24, 2.45) is 28.6 Å². The Morgan fingerprint density at radius 1 is 1.25 bits per heavy atom. The first kappa shape index (κ1) is 10.8. The van der Waals surface area contributed by atoms with Gasteiger partial charge in [-0.25, -0.2) is 0 Å². The van der Waals surface area contributed by atoms with Gasteiger partial charge in [0.2, 0.25) is 0 Å². The number of fused-ring (bicyclic) bond motifs is 3. The molecule has 3 rings (SSSR count). The van der Waals surface area contributed by atoms with Crippen LogP contribution in [0.3, 0.4) is 0 Å². The van der Waals surface area contributed by atoms with Crippen LogP contribution in [0.1, 0.15) is 40.5 Å². The van der Waals surface area contributed by atoms with Crippen LogP contribution in [0.2, 0.25) is 0 Å². The SMILES string of the molecule is CC1=C[C@@H]2CC(C)(C)C[C@@H]2[C@@]2(C)COC[C@@H]12. The second kappa shape index (κ2) is 3.13. The van der Waals surface area contributed by atoms with Gasteiger partial charge >= 0.3 is 0 Å². The molecule has 2 aliphatic carbocycles. The lowest BCUT2D eigenvalue weighted by molar-refractivity contribution is 0.0881. The number of hydrogen-bond donors (Lipinski definition) is 0. The van der Waals surface area contributed by atoms with Crippen molar-refractivity contribution in [2.75, 3.05) is 13.2 Å². The topological polar surface area (TPSA) is 9.23 Å². The maximum atomic E-state index is 5.80. The van der Waals surface area contributed by atoms with Crippen molar-refractivity contribution in [3.63, 3.8) is 0 Å². The molecule has 0 unspecified atom stereocenters. The summed E-state index contributed by atoms with van der Waals surface area (Å²) in [7, 11) is 0. The summed E-state index contributed by atoms with van der Waals surface area (Å²) < 4.78 is 5.80. The van der Waals surface area contributed by atoms with Crippen LogP contribution in [0.15, 0.2) is 11.6 Å². The smallest absolute Gasteiger partial charge is 0.0537 e. The van der Waals surface area contributed by atoms with Crippen LogP contribution < -0.4 is 0 Å². The zero-order valence-electron chi connectivity index (χ0n) is 11.0. The van der Waals surface area contributed by atoms with Gasteiger partial charge in [0.25, 0.3) is 0 Å². The molecule has 1 aliphatic heterocycles. The molecule has 0 aromatic carbocycles. The van der Waals surface area contributed by atoms with Crippen LogP contribution in [0.5, 0.6) is 0 Å². The number of ether oxygens (including phenoxy) is 1. The van der Waals surface area contributed by atoms with Gasteiger partial charge in [0, 0.05) is 11.3 Å². The van der Waals surface area contributed by atoms with Crippen LogP contribution in [0.25, 0.3) is 0 Å². The summed E-state index contributed by atoms with van der Waals surface area (Å²) >= 11 is 0. The Morgan fingerprint density at radius 2 is 2.00 bits per heavy atom. The monoisotopic (exact) mass is 220 g/mol. The Kier molecular flexibility index (Phi) is 2.12. The van der Waals surface area contributed by atoms with Crippen LogP contribution >= 0.6 is 0 Å². The third-order valence-corrected chi connectivity index (χ3v) is 5.44. The largest absolute Gasteiger partial charge is 0.380 e. The molecule has 1 saturated carbocycles. The highest BCUT2D eigenvalue weighted by molar-refractivity contribution is 5.22. The summed E-state index contributed by atoms with van der Waals surface area (Å²) in [4.78, 5) is 0. The van der Waals surface area contributed by atoms with Crippen LogP contribution in [-0.2, 0) is 4.74 Å². The molecule has 0 bridgehead atoms. The summed E-state index contributed by atoms with van der Waals surface area (Å²) in [5.41, 5.74) is 2.56. The Labute approximate surface area is 99.3 Å². The van der Waals surface area contributed by atoms with E-state index in [1.807, 2.05) is 0 Å². The molecule has 0 spiro atoms. The Balaban J connectivity index is 2.01. The molecule has 4 atom stereocenters. The van der Waals surface area contributed by atoms with Crippen molar-refractivity contribution in [1.29, 1.82) is 0 Å². The second-order valence-electron chi connectivity index (χ2n) is 7.33. The van der Waals surface area contributed by atoms with Crippen molar-refractivity contribution >= 4 is 0 Å². The van der Waals surface area contributed by atoms with Crippen molar-refractivity contribution in [1.82, 2.24) is 0 Å². The fourth-order valence-corrected chi connectivity index (χ4v) is 4.67. The Bertz CT molecular complexity index is 341. The van der Waals surface area contributed by atoms with Gasteiger partial charge in [0.1, 0.15) is 0 Å². The molecule has 1 nitrogen and oxygen atoms in total. The van der Waals surface area contributed by atoms with E-state index in [-0.39, 0.29) is 0 Å². The predicted molar refractivity (Wildman–Crippen MR) is 66.2 cm³/mol. The quantitative estimate of drug-likeness (QED) is 0.566. The van der Waals surface area contributed by atoms with E-state index in [1.165, 1.54) is 12.8 Å². The molecule has 90 valence electrons. The molecule has 0 amide bonds. The van der Waals surface area contributed by atoms with Crippen LogP contribution in [0, 0.1) is 28.6 Å². The van der Waals surface area contributed by atoms with Gasteiger partial charge in [-0.1, -0.05) is 32.4 Å². The van der Waals surface area contributed by atoms with Gasteiger partial charge in [-0.2, -0.15) is 0 Å². The molecule has 0 N–H and O–H groups in total. The summed E-state index contributed by atoms with van der Waals surface area (Å²) in [6, 6.07) is 0. The van der Waals surface area contributed by atoms with E-state index >= 15 is 0 Å². The van der Waals surface area contributed by atoms with Gasteiger partial charge in [0.05, 0.1) is 13.2 Å². The third kappa shape index (κ3) is 1.33. The minimum absolute atomic E-state index is 0.428. The minimum Gasteiger partial charge on any atom is -0.380 e. The zero-order valence-corrected chi connectivity index (χ0v) is 11.0. The lowest BCUT2D eigenvalue weighted by Crippen LogP contribution is -2.40. The Hall–Kier alpha value is -0.300. The standard InChI is InChI=1S/C15H24O/c1-10-5-11-6-14(2,3)7-12(11)15(4)9-16-8-13(10)15/h5,11-13H,6-9H2,1-4H3/t11-,12+,13+,15-/m1/s1. The second-order valence-corrected chi connectivity index (χ2v) is 7.33. The maximum Gasteiger partial charge on any atom is 0.0537 e. The van der Waals surface area contributed by atoms with E-state index < -0.39 is 0 Å². The normalized spacial score (nSPS) is 49.8. The van der Waals surface area contributed by atoms with Gasteiger partial charge in [-0.3, -0.25) is 0 Å². The van der Waals surface area contributed by atoms with E-state index in [4.69, 9.17) is 4.74 Å². The first-order chi connectivity index (χ1) is 7.42. The molecule has 3 aliphatic rings. The molecule has 0 aromatic rings. The van der Waals surface area contributed by atoms with Gasteiger partial charge in [-0.15, -0.1) is 0 Å². The predicted octanol–water partition coefficient (Wildman–Crippen LogP) is 3.65. The van der Waals surface area contributed by atoms with Crippen molar-refractivity contribution < 1.29 is 4.74 Å². The van der Waals surface area contributed by atoms with E-state index in [2.05, 4.69) is 33.8 Å². The lowest BCUT2D eigenvalue weighted by Gasteiger charge is -2.43. The number of hydrogen-bond acceptors (Lipinski definition) is 1. The molecule has 1 saturated heterocycles. The van der Waals surface area contributed by atoms with Gasteiger partial charge in [0.15, 0.2) is 0 Å². The molecule has 1 heteroatoms. The number of allylic oxidation sites excluding steroid dienone is 1. The van der Waals surface area contributed by atoms with Crippen molar-refractivity contribution in [3.8, 4) is 0 Å². The summed E-state index contributed by atoms with van der Waals surface area (Å²) in [5, 5.41) is 0. The fourth-order valence-electron chi connectivity index (χ4n) is 4.67. The average molecular weight is 220 g/mol. The van der Waals surface area contributed by atoms with E-state index in [9.17, 15) is 0 Å². The maximum absolute atomic E-state index is 5.80. The van der Waals surface area contributed by atoms with E-state index in [1.54, 1.807) is 5.57 Å². The highest BCUT2D eigenvalue weighted by Gasteiger charge is 2.55. The molecule has 2 fully saturated rings. The summed E-state index contributed by atoms with van der Waals surface area (Å²) in [5.74, 6) is 2.37. The third-order valence-electron chi connectivity index (χ3n) is 5.44. The van der Waals surface area contributed by atoms with Crippen LogP contribution in [-0.4, -0.2) is 13.2 Å². The van der Waals surface area contributed by atoms with E-state index in [0.717, 1.165) is 25.0 Å². The lowest BCUT2D eigenvalue weighted by atomic mass is 9.60. The first-order valence-electron chi connectivity index (χ1n) is 6.68. The Morgan fingerprint density at radius 3 is 2.75 bits per heavy atom. The number of rotatable bonds is 0. The van der Waals surface area contributed by atoms with Crippen molar-refractivity contribution in [2.45, 2.75) is 40.5 Å².